The molecule has 28 heavy (non-hydrogen) atoms. The lowest BCUT2D eigenvalue weighted by molar-refractivity contribution is -0.123. The maximum Gasteiger partial charge on any atom is 0.278 e. The molecule has 1 amide bonds. The van der Waals surface area contributed by atoms with E-state index in [4.69, 9.17) is 9.47 Å². The summed E-state index contributed by atoms with van der Waals surface area (Å²) in [6.07, 6.45) is 1.21. The number of aromatic hydroxyl groups is 2. The van der Waals surface area contributed by atoms with Crippen LogP contribution >= 0.6 is 15.9 Å². The van der Waals surface area contributed by atoms with Gasteiger partial charge in [-0.2, -0.15) is 10.4 Å². The number of hydrogen-bond acceptors (Lipinski definition) is 8. The van der Waals surface area contributed by atoms with Crippen molar-refractivity contribution in [1.29, 1.82) is 5.26 Å². The lowest BCUT2D eigenvalue weighted by atomic mass is 10.1. The number of benzene rings is 1. The van der Waals surface area contributed by atoms with Crippen molar-refractivity contribution < 1.29 is 24.5 Å². The van der Waals surface area contributed by atoms with Crippen LogP contribution in [0.5, 0.6) is 17.4 Å². The molecule has 146 valence electrons. The largest absolute Gasteiger partial charge is 0.508 e. The third-order valence-corrected chi connectivity index (χ3v) is 4.57. The zero-order valence-corrected chi connectivity index (χ0v) is 16.6. The Morgan fingerprint density at radius 2 is 2.21 bits per heavy atom. The zero-order chi connectivity index (χ0) is 20.7. The van der Waals surface area contributed by atoms with Gasteiger partial charge in [0, 0.05) is 28.8 Å². The van der Waals surface area contributed by atoms with Crippen LogP contribution in [0.2, 0.25) is 0 Å². The summed E-state index contributed by atoms with van der Waals surface area (Å²) in [6.45, 7) is 1.48. The number of phenolic OH excluding ortho intramolecular Hbond substituents is 2. The molecule has 0 saturated heterocycles. The van der Waals surface area contributed by atoms with Gasteiger partial charge in [-0.3, -0.25) is 4.79 Å². The molecule has 0 atom stereocenters. The molecule has 0 spiro atoms. The second-order valence-electron chi connectivity index (χ2n) is 5.54. The van der Waals surface area contributed by atoms with E-state index in [1.807, 2.05) is 6.07 Å². The number of amides is 1. The van der Waals surface area contributed by atoms with Crippen molar-refractivity contribution >= 4 is 28.1 Å². The van der Waals surface area contributed by atoms with Crippen molar-refractivity contribution in [2.45, 2.75) is 13.5 Å². The van der Waals surface area contributed by atoms with E-state index in [1.165, 1.54) is 25.5 Å². The Hall–Kier alpha value is -3.16. The SMILES string of the molecule is COCc1c(Br)c(C)nc(OCC(=O)N/N=C\c2ccc(O)cc2O)c1C#N. The number of pyridine rings is 1. The van der Waals surface area contributed by atoms with E-state index in [-0.39, 0.29) is 29.5 Å². The highest BCUT2D eigenvalue weighted by Gasteiger charge is 2.18. The molecule has 1 aromatic carbocycles. The number of nitriles is 1. The molecule has 10 heteroatoms. The summed E-state index contributed by atoms with van der Waals surface area (Å²) in [5.41, 5.74) is 3.87. The first kappa shape index (κ1) is 21.1. The van der Waals surface area contributed by atoms with Crippen molar-refractivity contribution in [3.63, 3.8) is 0 Å². The summed E-state index contributed by atoms with van der Waals surface area (Å²) in [5.74, 6) is -0.849. The molecule has 9 nitrogen and oxygen atoms in total. The minimum Gasteiger partial charge on any atom is -0.508 e. The number of hydrogen-bond donors (Lipinski definition) is 3. The summed E-state index contributed by atoms with van der Waals surface area (Å²) in [6, 6.07) is 5.96. The molecular formula is C18H17BrN4O5. The zero-order valence-electron chi connectivity index (χ0n) is 15.1. The van der Waals surface area contributed by atoms with E-state index >= 15 is 0 Å². The number of aryl methyl sites for hydroxylation is 1. The number of aromatic nitrogens is 1. The van der Waals surface area contributed by atoms with Gasteiger partial charge < -0.3 is 19.7 Å². The van der Waals surface area contributed by atoms with E-state index in [0.717, 1.165) is 6.07 Å². The monoisotopic (exact) mass is 448 g/mol. The molecule has 0 aliphatic heterocycles. The fourth-order valence-electron chi connectivity index (χ4n) is 2.20. The van der Waals surface area contributed by atoms with Gasteiger partial charge in [0.15, 0.2) is 6.61 Å². The molecule has 1 heterocycles. The second-order valence-corrected chi connectivity index (χ2v) is 6.33. The van der Waals surface area contributed by atoms with Crippen LogP contribution < -0.4 is 10.2 Å². The average Bonchev–Trinajstić information content (AvgIpc) is 2.66. The van der Waals surface area contributed by atoms with Gasteiger partial charge in [-0.25, -0.2) is 10.4 Å². The number of nitrogens with zero attached hydrogens (tertiary/aromatic N) is 3. The van der Waals surface area contributed by atoms with Crippen LogP contribution in [0.1, 0.15) is 22.4 Å². The maximum atomic E-state index is 11.9. The Balaban J connectivity index is 2.04. The molecule has 0 aliphatic rings. The van der Waals surface area contributed by atoms with Gasteiger partial charge in [0.05, 0.1) is 18.5 Å². The lowest BCUT2D eigenvalue weighted by Gasteiger charge is -2.13. The molecule has 0 saturated carbocycles. The van der Waals surface area contributed by atoms with Crippen molar-refractivity contribution in [1.82, 2.24) is 10.4 Å². The summed E-state index contributed by atoms with van der Waals surface area (Å²) in [4.78, 5) is 16.1. The van der Waals surface area contributed by atoms with Crippen molar-refractivity contribution in [3.8, 4) is 23.4 Å². The first-order valence-corrected chi connectivity index (χ1v) is 8.71. The first-order chi connectivity index (χ1) is 13.4. The third-order valence-electron chi connectivity index (χ3n) is 3.51. The number of ether oxygens (including phenoxy) is 2. The molecule has 0 unspecified atom stereocenters. The fourth-order valence-corrected chi connectivity index (χ4v) is 2.60. The average molecular weight is 449 g/mol. The molecule has 0 aliphatic carbocycles. The third kappa shape index (κ3) is 5.18. The smallest absolute Gasteiger partial charge is 0.278 e. The van der Waals surface area contributed by atoms with Crippen molar-refractivity contribution in [2.24, 2.45) is 5.10 Å². The molecule has 3 N–H and O–H groups in total. The predicted octanol–water partition coefficient (Wildman–Crippen LogP) is 2.11. The summed E-state index contributed by atoms with van der Waals surface area (Å²) in [7, 11) is 1.50. The quantitative estimate of drug-likeness (QED) is 0.435. The highest BCUT2D eigenvalue weighted by Crippen LogP contribution is 2.29. The summed E-state index contributed by atoms with van der Waals surface area (Å²) >= 11 is 3.37. The standard InChI is InChI=1S/C18H17BrN4O5/c1-10-17(19)14(8-27-2)13(6-20)18(22-10)28-9-16(26)23-21-7-11-3-4-12(24)5-15(11)25/h3-5,7,24-25H,8-9H2,1-2H3,(H,23,26)/b21-7-. The van der Waals surface area contributed by atoms with Gasteiger partial charge in [-0.05, 0) is 35.0 Å². The minimum absolute atomic E-state index is 0.0190. The Labute approximate surface area is 169 Å². The van der Waals surface area contributed by atoms with Crippen LogP contribution in [-0.2, 0) is 16.1 Å². The van der Waals surface area contributed by atoms with E-state index in [0.29, 0.717) is 21.3 Å². The van der Waals surface area contributed by atoms with E-state index in [2.05, 4.69) is 31.4 Å². The number of carbonyl (C=O) groups is 1. The second kappa shape index (κ2) is 9.68. The summed E-state index contributed by atoms with van der Waals surface area (Å²) < 4.78 is 11.1. The van der Waals surface area contributed by atoms with Crippen LogP contribution in [-0.4, -0.2) is 41.0 Å². The van der Waals surface area contributed by atoms with E-state index < -0.39 is 12.5 Å². The van der Waals surface area contributed by atoms with Crippen LogP contribution in [0.3, 0.4) is 0 Å². The molecule has 0 fully saturated rings. The van der Waals surface area contributed by atoms with Crippen LogP contribution in [0.4, 0.5) is 0 Å². The minimum atomic E-state index is -0.589. The molecular weight excluding hydrogens is 432 g/mol. The number of nitrogens with one attached hydrogen (secondary N) is 1. The van der Waals surface area contributed by atoms with Crippen LogP contribution in [0.25, 0.3) is 0 Å². The van der Waals surface area contributed by atoms with Crippen LogP contribution in [0.15, 0.2) is 27.8 Å². The Morgan fingerprint density at radius 1 is 1.46 bits per heavy atom. The topological polar surface area (TPSA) is 137 Å². The van der Waals surface area contributed by atoms with Gasteiger partial charge >= 0.3 is 0 Å². The maximum absolute atomic E-state index is 11.9. The lowest BCUT2D eigenvalue weighted by Crippen LogP contribution is -2.25. The van der Waals surface area contributed by atoms with Crippen molar-refractivity contribution in [2.75, 3.05) is 13.7 Å². The number of halogens is 1. The summed E-state index contributed by atoms with van der Waals surface area (Å²) in [5, 5.41) is 32.0. The van der Waals surface area contributed by atoms with Crippen molar-refractivity contribution in [3.05, 3.63) is 45.1 Å². The molecule has 2 rings (SSSR count). The molecule has 0 radical (unpaired) electrons. The van der Waals surface area contributed by atoms with Gasteiger partial charge in [0.1, 0.15) is 23.1 Å². The normalized spacial score (nSPS) is 10.6. The molecule has 0 bridgehead atoms. The fraction of sp³-hybridized carbons (Fsp3) is 0.222. The highest BCUT2D eigenvalue weighted by atomic mass is 79.9. The van der Waals surface area contributed by atoms with E-state index in [9.17, 15) is 20.3 Å². The van der Waals surface area contributed by atoms with Gasteiger partial charge in [-0.1, -0.05) is 0 Å². The Bertz CT molecular complexity index is 956. The van der Waals surface area contributed by atoms with Gasteiger partial charge in [-0.15, -0.1) is 0 Å². The van der Waals surface area contributed by atoms with Gasteiger partial charge in [0.2, 0.25) is 5.88 Å². The Morgan fingerprint density at radius 3 is 2.86 bits per heavy atom. The van der Waals surface area contributed by atoms with Crippen LogP contribution in [0, 0.1) is 18.3 Å². The molecule has 2 aromatic rings. The predicted molar refractivity (Wildman–Crippen MR) is 103 cm³/mol. The Kier molecular flexibility index (Phi) is 7.31. The number of methoxy groups -OCH3 is 1. The van der Waals surface area contributed by atoms with E-state index in [1.54, 1.807) is 6.92 Å². The van der Waals surface area contributed by atoms with Gasteiger partial charge in [0.25, 0.3) is 5.91 Å². The highest BCUT2D eigenvalue weighted by molar-refractivity contribution is 9.10. The molecule has 1 aromatic heterocycles. The first-order valence-electron chi connectivity index (χ1n) is 7.92. The number of phenols is 2. The number of carbonyl (C=O) groups excluding carboxylic acids is 1. The number of hydrazone groups is 1. The number of rotatable bonds is 7.